The van der Waals surface area contributed by atoms with Gasteiger partial charge in [0.25, 0.3) is 0 Å². The Morgan fingerprint density at radius 2 is 1.19 bits per heavy atom. The third kappa shape index (κ3) is 4.47. The second-order valence-corrected chi connectivity index (χ2v) is 15.8. The number of hydrogen-bond acceptors (Lipinski definition) is 0. The normalized spacial score (nSPS) is 14.3. The molecule has 0 radical (unpaired) electrons. The minimum Gasteiger partial charge on any atom is -0.313 e. The number of allylic oxidation sites excluding steroid dienone is 1. The Balaban J connectivity index is 1.06. The van der Waals surface area contributed by atoms with Crippen molar-refractivity contribution in [2.24, 2.45) is 0 Å². The summed E-state index contributed by atoms with van der Waals surface area (Å²) in [6, 6.07) is 58.7. The summed E-state index contributed by atoms with van der Waals surface area (Å²) in [6.45, 7) is 6.93. The average Bonchev–Trinajstić information content (AvgIpc) is 3.81. The molecule has 0 atom stereocenters. The highest BCUT2D eigenvalue weighted by atomic mass is 15.0. The molecule has 2 heterocycles. The van der Waals surface area contributed by atoms with E-state index >= 15 is 0 Å². The molecule has 54 heavy (non-hydrogen) atoms. The predicted octanol–water partition coefficient (Wildman–Crippen LogP) is 13.5. The standard InChI is InChI=1S/C52H40N2/c1-33-13-10-14-34(29-33)35-15-11-16-38(30-35)53-46-22-8-5-18-40(46)43-31-36(25-27-48(43)53)37-26-28-49-44(32-37)41-19-6-9-23-47(41)54(49)50-24-12-20-42-39-17-4-7-21-45(39)52(2,3)51(42)50/h4-24,26,28-32H,25,27H2,1-3H3. The monoisotopic (exact) mass is 692 g/mol. The van der Waals surface area contributed by atoms with Crippen molar-refractivity contribution in [3.05, 3.63) is 191 Å². The Bertz CT molecular complexity index is 3030. The van der Waals surface area contributed by atoms with E-state index in [1.54, 1.807) is 0 Å². The lowest BCUT2D eigenvalue weighted by Crippen LogP contribution is -2.18. The lowest BCUT2D eigenvalue weighted by molar-refractivity contribution is 0.656. The first kappa shape index (κ1) is 31.2. The molecule has 11 rings (SSSR count). The largest absolute Gasteiger partial charge is 0.313 e. The van der Waals surface area contributed by atoms with Crippen molar-refractivity contribution in [1.82, 2.24) is 9.13 Å². The molecule has 0 amide bonds. The zero-order valence-electron chi connectivity index (χ0n) is 30.9. The maximum atomic E-state index is 2.52. The van der Waals surface area contributed by atoms with Gasteiger partial charge in [-0.3, -0.25) is 0 Å². The van der Waals surface area contributed by atoms with Gasteiger partial charge in [0.2, 0.25) is 0 Å². The average molecular weight is 693 g/mol. The van der Waals surface area contributed by atoms with E-state index in [0.29, 0.717) is 0 Å². The Kier molecular flexibility index (Phi) is 6.67. The summed E-state index contributed by atoms with van der Waals surface area (Å²) in [5.41, 5.74) is 20.9. The van der Waals surface area contributed by atoms with Gasteiger partial charge in [0.05, 0.1) is 22.2 Å². The van der Waals surface area contributed by atoms with Crippen molar-refractivity contribution in [2.75, 3.05) is 0 Å². The Morgan fingerprint density at radius 3 is 2.04 bits per heavy atom. The molecule has 0 N–H and O–H groups in total. The van der Waals surface area contributed by atoms with E-state index in [0.717, 1.165) is 12.8 Å². The molecule has 2 aliphatic carbocycles. The van der Waals surface area contributed by atoms with Gasteiger partial charge in [-0.25, -0.2) is 0 Å². The zero-order chi connectivity index (χ0) is 36.1. The van der Waals surface area contributed by atoms with E-state index in [4.69, 9.17) is 0 Å². The second kappa shape index (κ2) is 11.6. The quantitative estimate of drug-likeness (QED) is 0.174. The number of aryl methyl sites for hydroxylation is 1. The second-order valence-electron chi connectivity index (χ2n) is 15.8. The fourth-order valence-corrected chi connectivity index (χ4v) is 9.83. The van der Waals surface area contributed by atoms with E-state index < -0.39 is 0 Å². The fourth-order valence-electron chi connectivity index (χ4n) is 9.83. The van der Waals surface area contributed by atoms with Crippen LogP contribution in [0.1, 0.15) is 53.8 Å². The highest BCUT2D eigenvalue weighted by molar-refractivity contribution is 6.11. The lowest BCUT2D eigenvalue weighted by atomic mass is 9.81. The summed E-state index contributed by atoms with van der Waals surface area (Å²) in [5.74, 6) is 0. The Labute approximate surface area is 316 Å². The van der Waals surface area contributed by atoms with E-state index in [-0.39, 0.29) is 5.41 Å². The van der Waals surface area contributed by atoms with Crippen molar-refractivity contribution in [3.63, 3.8) is 0 Å². The molecule has 2 aromatic heterocycles. The molecule has 0 spiro atoms. The van der Waals surface area contributed by atoms with Crippen molar-refractivity contribution in [2.45, 2.75) is 39.0 Å². The van der Waals surface area contributed by atoms with Crippen molar-refractivity contribution in [1.29, 1.82) is 0 Å². The van der Waals surface area contributed by atoms with Crippen LogP contribution in [0.15, 0.2) is 158 Å². The third-order valence-electron chi connectivity index (χ3n) is 12.3. The highest BCUT2D eigenvalue weighted by Crippen LogP contribution is 2.52. The molecule has 0 aliphatic heterocycles. The SMILES string of the molecule is Cc1cccc(-c2cccc(-n3c4c(c5ccccc53)C=C(c3ccc5c(c3)c3ccccc3n5-c3cccc5c3C(C)(C)c3ccccc3-5)CC4)c2)c1. The van der Waals surface area contributed by atoms with Crippen LogP contribution < -0.4 is 0 Å². The summed E-state index contributed by atoms with van der Waals surface area (Å²) < 4.78 is 5.03. The van der Waals surface area contributed by atoms with Gasteiger partial charge in [0.1, 0.15) is 0 Å². The number of hydrogen-bond donors (Lipinski definition) is 0. The van der Waals surface area contributed by atoms with Crippen molar-refractivity contribution < 1.29 is 0 Å². The molecule has 258 valence electrons. The molecule has 0 bridgehead atoms. The molecular formula is C52H40N2. The molecule has 2 nitrogen and oxygen atoms in total. The molecule has 2 aliphatic rings. The first-order valence-corrected chi connectivity index (χ1v) is 19.2. The van der Waals surface area contributed by atoms with Crippen LogP contribution in [0.2, 0.25) is 0 Å². The maximum Gasteiger partial charge on any atom is 0.0541 e. The van der Waals surface area contributed by atoms with Crippen molar-refractivity contribution in [3.8, 4) is 33.6 Å². The van der Waals surface area contributed by atoms with Gasteiger partial charge in [0.15, 0.2) is 0 Å². The molecule has 0 fully saturated rings. The van der Waals surface area contributed by atoms with E-state index in [1.807, 2.05) is 0 Å². The van der Waals surface area contributed by atoms with Gasteiger partial charge in [-0.1, -0.05) is 135 Å². The van der Waals surface area contributed by atoms with Crippen LogP contribution in [0, 0.1) is 6.92 Å². The number of nitrogens with zero attached hydrogens (tertiary/aromatic N) is 2. The molecule has 0 saturated carbocycles. The van der Waals surface area contributed by atoms with Gasteiger partial charge in [-0.2, -0.15) is 0 Å². The van der Waals surface area contributed by atoms with Crippen LogP contribution in [-0.2, 0) is 11.8 Å². The van der Waals surface area contributed by atoms with E-state index in [1.165, 1.54) is 105 Å². The molecule has 0 saturated heterocycles. The number of fused-ring (bicyclic) bond motifs is 9. The first-order valence-electron chi connectivity index (χ1n) is 19.2. The Hall–Kier alpha value is -6.38. The van der Waals surface area contributed by atoms with Crippen LogP contribution in [0.5, 0.6) is 0 Å². The number of para-hydroxylation sites is 2. The number of rotatable bonds is 4. The molecule has 9 aromatic rings. The van der Waals surface area contributed by atoms with Crippen LogP contribution in [0.3, 0.4) is 0 Å². The first-order chi connectivity index (χ1) is 26.5. The summed E-state index contributed by atoms with van der Waals surface area (Å²) in [4.78, 5) is 0. The van der Waals surface area contributed by atoms with E-state index in [9.17, 15) is 0 Å². The predicted molar refractivity (Wildman–Crippen MR) is 228 cm³/mol. The van der Waals surface area contributed by atoms with Gasteiger partial charge >= 0.3 is 0 Å². The minimum absolute atomic E-state index is 0.105. The maximum absolute atomic E-state index is 2.52. The van der Waals surface area contributed by atoms with Gasteiger partial charge in [-0.05, 0) is 113 Å². The third-order valence-corrected chi connectivity index (χ3v) is 12.3. The number of benzene rings is 7. The van der Waals surface area contributed by atoms with Crippen LogP contribution >= 0.6 is 0 Å². The van der Waals surface area contributed by atoms with Gasteiger partial charge in [0, 0.05) is 38.5 Å². The summed E-state index contributed by atoms with van der Waals surface area (Å²) in [7, 11) is 0. The summed E-state index contributed by atoms with van der Waals surface area (Å²) in [5, 5.41) is 3.91. The van der Waals surface area contributed by atoms with Crippen LogP contribution in [0.25, 0.3) is 78.0 Å². The van der Waals surface area contributed by atoms with Gasteiger partial charge in [-0.15, -0.1) is 0 Å². The topological polar surface area (TPSA) is 9.86 Å². The Morgan fingerprint density at radius 1 is 0.500 bits per heavy atom. The minimum atomic E-state index is -0.105. The molecule has 2 heteroatoms. The lowest BCUT2D eigenvalue weighted by Gasteiger charge is -2.25. The summed E-state index contributed by atoms with van der Waals surface area (Å²) >= 11 is 0. The van der Waals surface area contributed by atoms with Gasteiger partial charge < -0.3 is 9.13 Å². The fraction of sp³-hybridized carbons (Fsp3) is 0.115. The number of aromatic nitrogens is 2. The zero-order valence-corrected chi connectivity index (χ0v) is 30.9. The molecule has 7 aromatic carbocycles. The van der Waals surface area contributed by atoms with Crippen LogP contribution in [-0.4, -0.2) is 9.13 Å². The molecular weight excluding hydrogens is 653 g/mol. The smallest absolute Gasteiger partial charge is 0.0541 e. The molecule has 0 unspecified atom stereocenters. The summed E-state index contributed by atoms with van der Waals surface area (Å²) in [6.07, 6.45) is 4.45. The van der Waals surface area contributed by atoms with E-state index in [2.05, 4.69) is 194 Å². The van der Waals surface area contributed by atoms with Crippen molar-refractivity contribution >= 4 is 44.4 Å². The highest BCUT2D eigenvalue weighted by Gasteiger charge is 2.38. The van der Waals surface area contributed by atoms with Crippen LogP contribution in [0.4, 0.5) is 0 Å².